The zero-order chi connectivity index (χ0) is 15.1. The highest BCUT2D eigenvalue weighted by Gasteiger charge is 2.24. The summed E-state index contributed by atoms with van der Waals surface area (Å²) >= 11 is 6.34. The molecule has 1 N–H and O–H groups in total. The predicted octanol–water partition coefficient (Wildman–Crippen LogP) is 2.42. The summed E-state index contributed by atoms with van der Waals surface area (Å²) in [5, 5.41) is 15.4. The van der Waals surface area contributed by atoms with Crippen molar-refractivity contribution in [2.24, 2.45) is 0 Å². The number of nitrogens with zero attached hydrogens (tertiary/aromatic N) is 2. The lowest BCUT2D eigenvalue weighted by Gasteiger charge is -2.22. The summed E-state index contributed by atoms with van der Waals surface area (Å²) in [5.74, 6) is 0. The quantitative estimate of drug-likeness (QED) is 0.712. The number of ether oxygens (including phenoxy) is 2. The smallest absolute Gasteiger partial charge is 0.183 e. The van der Waals surface area contributed by atoms with Gasteiger partial charge in [0.1, 0.15) is 6.10 Å². The van der Waals surface area contributed by atoms with Crippen molar-refractivity contribution in [3.05, 3.63) is 16.4 Å². The number of halogens is 1. The minimum absolute atomic E-state index is 0.365. The highest BCUT2D eigenvalue weighted by atomic mass is 35.5. The van der Waals surface area contributed by atoms with Gasteiger partial charge in [-0.3, -0.25) is 4.68 Å². The molecule has 0 spiro atoms. The Kier molecular flexibility index (Phi) is 7.51. The van der Waals surface area contributed by atoms with E-state index in [-0.39, 0.29) is 0 Å². The van der Waals surface area contributed by atoms with Gasteiger partial charge in [0, 0.05) is 26.2 Å². The minimum Gasteiger partial charge on any atom is -0.387 e. The SMILES string of the molecule is CCOC(OCC)C(O)Cc1c(Cl)c(CC)nn1CC. The van der Waals surface area contributed by atoms with Gasteiger partial charge in [0.25, 0.3) is 0 Å². The van der Waals surface area contributed by atoms with E-state index in [2.05, 4.69) is 5.10 Å². The first-order valence-corrected chi connectivity index (χ1v) is 7.61. The molecule has 20 heavy (non-hydrogen) atoms. The van der Waals surface area contributed by atoms with E-state index in [1.54, 1.807) is 0 Å². The van der Waals surface area contributed by atoms with Crippen LogP contribution in [0.4, 0.5) is 0 Å². The second-order valence-electron chi connectivity index (χ2n) is 4.43. The van der Waals surface area contributed by atoms with Gasteiger partial charge in [-0.15, -0.1) is 0 Å². The van der Waals surface area contributed by atoms with Crippen molar-refractivity contribution in [2.75, 3.05) is 13.2 Å². The summed E-state index contributed by atoms with van der Waals surface area (Å²) in [5.41, 5.74) is 1.70. The Bertz CT molecular complexity index is 403. The van der Waals surface area contributed by atoms with Crippen LogP contribution in [0.5, 0.6) is 0 Å². The molecule has 1 unspecified atom stereocenters. The molecule has 1 aromatic heterocycles. The van der Waals surface area contributed by atoms with Crippen LogP contribution in [0, 0.1) is 0 Å². The molecule has 1 heterocycles. The fraction of sp³-hybridized carbons (Fsp3) is 0.786. The number of hydrogen-bond acceptors (Lipinski definition) is 4. The van der Waals surface area contributed by atoms with Crippen LogP contribution in [0.3, 0.4) is 0 Å². The van der Waals surface area contributed by atoms with Gasteiger partial charge in [0.15, 0.2) is 6.29 Å². The Morgan fingerprint density at radius 3 is 2.25 bits per heavy atom. The molecule has 0 aliphatic heterocycles. The molecule has 1 aromatic rings. The van der Waals surface area contributed by atoms with E-state index >= 15 is 0 Å². The molecular weight excluding hydrogens is 280 g/mol. The molecule has 0 radical (unpaired) electrons. The third-order valence-electron chi connectivity index (χ3n) is 3.07. The first kappa shape index (κ1) is 17.4. The van der Waals surface area contributed by atoms with E-state index in [1.165, 1.54) is 0 Å². The van der Waals surface area contributed by atoms with E-state index in [0.717, 1.165) is 24.4 Å². The molecule has 0 fully saturated rings. The summed E-state index contributed by atoms with van der Waals surface area (Å²) in [6.07, 6.45) is -0.259. The zero-order valence-corrected chi connectivity index (χ0v) is 13.5. The number of aromatic nitrogens is 2. The van der Waals surface area contributed by atoms with Gasteiger partial charge >= 0.3 is 0 Å². The first-order valence-electron chi connectivity index (χ1n) is 7.24. The maximum absolute atomic E-state index is 10.3. The molecule has 1 rings (SSSR count). The fourth-order valence-corrected chi connectivity index (χ4v) is 2.45. The Morgan fingerprint density at radius 2 is 1.80 bits per heavy atom. The van der Waals surface area contributed by atoms with Gasteiger partial charge in [-0.05, 0) is 27.2 Å². The van der Waals surface area contributed by atoms with Crippen LogP contribution in [0.15, 0.2) is 0 Å². The van der Waals surface area contributed by atoms with Gasteiger partial charge < -0.3 is 14.6 Å². The number of aryl methyl sites for hydroxylation is 2. The second kappa shape index (κ2) is 8.62. The second-order valence-corrected chi connectivity index (χ2v) is 4.81. The minimum atomic E-state index is -0.765. The van der Waals surface area contributed by atoms with Crippen molar-refractivity contribution < 1.29 is 14.6 Å². The molecule has 0 saturated carbocycles. The van der Waals surface area contributed by atoms with Crippen LogP contribution in [0.2, 0.25) is 5.02 Å². The highest BCUT2D eigenvalue weighted by Crippen LogP contribution is 2.24. The van der Waals surface area contributed by atoms with Crippen molar-refractivity contribution in [1.82, 2.24) is 9.78 Å². The molecule has 5 nitrogen and oxygen atoms in total. The van der Waals surface area contributed by atoms with E-state index in [1.807, 2.05) is 32.4 Å². The van der Waals surface area contributed by atoms with Crippen LogP contribution in [-0.4, -0.2) is 40.5 Å². The number of rotatable bonds is 9. The molecule has 0 aromatic carbocycles. The van der Waals surface area contributed by atoms with Crippen LogP contribution >= 0.6 is 11.6 Å². The average molecular weight is 305 g/mol. The predicted molar refractivity (Wildman–Crippen MR) is 79.0 cm³/mol. The van der Waals surface area contributed by atoms with Gasteiger partial charge in [-0.2, -0.15) is 5.10 Å². The van der Waals surface area contributed by atoms with Crippen molar-refractivity contribution >= 4 is 11.6 Å². The molecule has 0 aliphatic rings. The molecule has 116 valence electrons. The number of hydrogen-bond donors (Lipinski definition) is 1. The summed E-state index contributed by atoms with van der Waals surface area (Å²) in [6, 6.07) is 0. The van der Waals surface area contributed by atoms with Crippen molar-refractivity contribution in [2.45, 2.75) is 59.5 Å². The summed E-state index contributed by atoms with van der Waals surface area (Å²) in [4.78, 5) is 0. The van der Waals surface area contributed by atoms with E-state index < -0.39 is 12.4 Å². The molecule has 0 aliphatic carbocycles. The zero-order valence-electron chi connectivity index (χ0n) is 12.7. The standard InChI is InChI=1S/C14H25ClN2O3/c1-5-10-13(15)11(17(6-2)16-10)9-12(18)14(19-7-3)20-8-4/h12,14,18H,5-9H2,1-4H3. The van der Waals surface area contributed by atoms with Gasteiger partial charge in [-0.25, -0.2) is 0 Å². The Balaban J connectivity index is 2.87. The van der Waals surface area contributed by atoms with E-state index in [0.29, 0.717) is 24.7 Å². The van der Waals surface area contributed by atoms with Crippen LogP contribution in [-0.2, 0) is 28.9 Å². The number of aliphatic hydroxyl groups excluding tert-OH is 1. The Labute approximate surface area is 125 Å². The van der Waals surface area contributed by atoms with E-state index in [4.69, 9.17) is 21.1 Å². The fourth-order valence-electron chi connectivity index (χ4n) is 2.11. The maximum Gasteiger partial charge on any atom is 0.183 e. The van der Waals surface area contributed by atoms with Crippen molar-refractivity contribution in [1.29, 1.82) is 0 Å². The lowest BCUT2D eigenvalue weighted by atomic mass is 10.1. The lowest BCUT2D eigenvalue weighted by Crippen LogP contribution is -2.34. The van der Waals surface area contributed by atoms with Gasteiger partial charge in [0.2, 0.25) is 0 Å². The topological polar surface area (TPSA) is 56.5 Å². The van der Waals surface area contributed by atoms with Crippen LogP contribution in [0.1, 0.15) is 39.1 Å². The molecule has 6 heteroatoms. The normalized spacial score (nSPS) is 13.2. The summed E-state index contributed by atoms with van der Waals surface area (Å²) in [6.45, 7) is 9.45. The van der Waals surface area contributed by atoms with Gasteiger partial charge in [-0.1, -0.05) is 18.5 Å². The van der Waals surface area contributed by atoms with E-state index in [9.17, 15) is 5.11 Å². The molecule has 0 saturated heterocycles. The Morgan fingerprint density at radius 1 is 1.20 bits per heavy atom. The molecular formula is C14H25ClN2O3. The average Bonchev–Trinajstić information content (AvgIpc) is 2.75. The summed E-state index contributed by atoms with van der Waals surface area (Å²) in [7, 11) is 0. The third-order valence-corrected chi connectivity index (χ3v) is 3.51. The molecule has 0 bridgehead atoms. The molecule has 0 amide bonds. The van der Waals surface area contributed by atoms with Crippen LogP contribution < -0.4 is 0 Å². The number of aliphatic hydroxyl groups is 1. The molecule has 1 atom stereocenters. The van der Waals surface area contributed by atoms with Crippen molar-refractivity contribution in [3.8, 4) is 0 Å². The highest BCUT2D eigenvalue weighted by molar-refractivity contribution is 6.31. The van der Waals surface area contributed by atoms with Gasteiger partial charge in [0.05, 0.1) is 16.4 Å². The van der Waals surface area contributed by atoms with Crippen LogP contribution in [0.25, 0.3) is 0 Å². The maximum atomic E-state index is 10.3. The third kappa shape index (κ3) is 4.19. The summed E-state index contributed by atoms with van der Waals surface area (Å²) < 4.78 is 12.7. The lowest BCUT2D eigenvalue weighted by molar-refractivity contribution is -0.189. The largest absolute Gasteiger partial charge is 0.387 e. The Hall–Kier alpha value is -0.620. The first-order chi connectivity index (χ1) is 9.58. The monoisotopic (exact) mass is 304 g/mol. The van der Waals surface area contributed by atoms with Crippen molar-refractivity contribution in [3.63, 3.8) is 0 Å².